The number of benzene rings is 1. The zero-order valence-electron chi connectivity index (χ0n) is 27.9. The zero-order valence-corrected chi connectivity index (χ0v) is 27.9. The topological polar surface area (TPSA) is 163 Å². The number of halogens is 2. The van der Waals surface area contributed by atoms with Gasteiger partial charge in [0.05, 0.1) is 50.8 Å². The second-order valence-electron chi connectivity index (χ2n) is 12.3. The van der Waals surface area contributed by atoms with Crippen molar-refractivity contribution >= 4 is 11.6 Å². The van der Waals surface area contributed by atoms with Crippen LogP contribution in [0.3, 0.4) is 0 Å². The summed E-state index contributed by atoms with van der Waals surface area (Å²) in [7, 11) is 0. The van der Waals surface area contributed by atoms with Crippen LogP contribution in [0.1, 0.15) is 50.6 Å². The van der Waals surface area contributed by atoms with Crippen LogP contribution in [0.25, 0.3) is 11.1 Å². The maximum absolute atomic E-state index is 12.4. The van der Waals surface area contributed by atoms with E-state index in [0.29, 0.717) is 47.8 Å². The van der Waals surface area contributed by atoms with E-state index in [1.807, 2.05) is 23.9 Å². The molecule has 0 radical (unpaired) electrons. The molecule has 266 valence electrons. The fourth-order valence-corrected chi connectivity index (χ4v) is 6.22. The van der Waals surface area contributed by atoms with Gasteiger partial charge in [-0.3, -0.25) is 9.58 Å². The first-order chi connectivity index (χ1) is 24.4. The minimum absolute atomic E-state index is 0.157. The summed E-state index contributed by atoms with van der Waals surface area (Å²) in [5.41, 5.74) is 2.51. The van der Waals surface area contributed by atoms with Crippen molar-refractivity contribution in [3.05, 3.63) is 48.7 Å². The molecular weight excluding hydrogens is 652 g/mol. The molecule has 1 saturated heterocycles. The van der Waals surface area contributed by atoms with Crippen molar-refractivity contribution in [3.63, 3.8) is 0 Å². The molecule has 4 heterocycles. The minimum Gasteiger partial charge on any atom is -0.487 e. The predicted octanol–water partition coefficient (Wildman–Crippen LogP) is 4.28. The van der Waals surface area contributed by atoms with Crippen LogP contribution in [0.15, 0.2) is 43.1 Å². The molecule has 1 aliphatic carbocycles. The first-order valence-corrected chi connectivity index (χ1v) is 16.9. The summed E-state index contributed by atoms with van der Waals surface area (Å²) in [5.74, 6) is 1.15. The summed E-state index contributed by atoms with van der Waals surface area (Å²) in [6.07, 6.45) is 8.55. The molecule has 0 unspecified atom stereocenters. The lowest BCUT2D eigenvalue weighted by Crippen LogP contribution is -2.45. The van der Waals surface area contributed by atoms with E-state index >= 15 is 0 Å². The molecule has 4 aromatic rings. The molecule has 1 aromatic carbocycles. The van der Waals surface area contributed by atoms with Crippen molar-refractivity contribution in [1.29, 1.82) is 5.26 Å². The summed E-state index contributed by atoms with van der Waals surface area (Å²) in [5, 5.41) is 28.8. The Morgan fingerprint density at radius 2 is 1.84 bits per heavy atom. The molecule has 1 atom stereocenters. The van der Waals surface area contributed by atoms with Gasteiger partial charge in [0.15, 0.2) is 0 Å². The third-order valence-corrected chi connectivity index (χ3v) is 8.71. The van der Waals surface area contributed by atoms with Gasteiger partial charge in [0.1, 0.15) is 36.5 Å². The Hall–Kier alpha value is -4.79. The van der Waals surface area contributed by atoms with Gasteiger partial charge in [-0.15, -0.1) is 10.2 Å². The number of anilines is 2. The van der Waals surface area contributed by atoms with E-state index in [1.165, 1.54) is 6.33 Å². The Morgan fingerprint density at radius 1 is 1.06 bits per heavy atom. The first-order valence-electron chi connectivity index (χ1n) is 16.9. The largest absolute Gasteiger partial charge is 0.487 e. The van der Waals surface area contributed by atoms with Crippen LogP contribution in [0, 0.1) is 11.3 Å². The van der Waals surface area contributed by atoms with Crippen molar-refractivity contribution in [2.45, 2.75) is 70.2 Å². The van der Waals surface area contributed by atoms with Crippen LogP contribution in [0.4, 0.5) is 20.4 Å². The highest BCUT2D eigenvalue weighted by Gasteiger charge is 2.29. The van der Waals surface area contributed by atoms with E-state index in [0.717, 1.165) is 63.1 Å². The molecule has 3 aromatic heterocycles. The standard InChI is InChI=1S/C33H41F2N11O4/c1-23(19-45-22-39-42-43-45)50-30-15-24(3-4-25(30)16-36)26-17-37-33(38-18-26)40-29-20-46(41-32(29)49-12-2-11-48-21-31(34)35)28-7-5-27(6-8-28)44-9-13-47-14-10-44/h3-4,15,17-18,20,22-23,27-28,31H,2,5-14,19,21H2,1H3,(H,37,38,40)/t23-,27?,28?/m0/s1. The number of hydrogen-bond donors (Lipinski definition) is 1. The number of nitriles is 1. The number of aromatic nitrogens is 8. The molecule has 1 aliphatic heterocycles. The molecule has 15 nitrogen and oxygen atoms in total. The summed E-state index contributed by atoms with van der Waals surface area (Å²) in [4.78, 5) is 11.6. The fraction of sp³-hybridized carbons (Fsp3) is 0.545. The fourth-order valence-electron chi connectivity index (χ4n) is 6.22. The van der Waals surface area contributed by atoms with Crippen LogP contribution in [0.2, 0.25) is 0 Å². The molecule has 1 N–H and O–H groups in total. The molecule has 50 heavy (non-hydrogen) atoms. The third-order valence-electron chi connectivity index (χ3n) is 8.71. The van der Waals surface area contributed by atoms with E-state index < -0.39 is 13.0 Å². The maximum atomic E-state index is 12.4. The highest BCUT2D eigenvalue weighted by molar-refractivity contribution is 5.67. The number of ether oxygens (including phenoxy) is 4. The number of nitrogens with zero attached hydrogens (tertiary/aromatic N) is 10. The Morgan fingerprint density at radius 3 is 2.56 bits per heavy atom. The minimum atomic E-state index is -2.50. The van der Waals surface area contributed by atoms with Crippen molar-refractivity contribution < 1.29 is 27.7 Å². The Kier molecular flexibility index (Phi) is 12.1. The molecule has 1 saturated carbocycles. The van der Waals surface area contributed by atoms with Gasteiger partial charge in [-0.1, -0.05) is 6.07 Å². The van der Waals surface area contributed by atoms with Gasteiger partial charge in [-0.25, -0.2) is 23.4 Å². The third kappa shape index (κ3) is 9.46. The van der Waals surface area contributed by atoms with Gasteiger partial charge < -0.3 is 24.3 Å². The summed E-state index contributed by atoms with van der Waals surface area (Å²) < 4.78 is 51.0. The molecule has 2 fully saturated rings. The second kappa shape index (κ2) is 17.2. The predicted molar refractivity (Wildman–Crippen MR) is 176 cm³/mol. The number of tetrazole rings is 1. The van der Waals surface area contributed by atoms with Crippen molar-refractivity contribution in [3.8, 4) is 28.8 Å². The van der Waals surface area contributed by atoms with E-state index in [9.17, 15) is 14.0 Å². The van der Waals surface area contributed by atoms with Crippen LogP contribution in [-0.4, -0.2) is 110 Å². The van der Waals surface area contributed by atoms with Gasteiger partial charge in [-0.2, -0.15) is 5.26 Å². The summed E-state index contributed by atoms with van der Waals surface area (Å²) in [6, 6.07) is 8.25. The number of rotatable bonds is 16. The average molecular weight is 694 g/mol. The Labute approximate surface area is 288 Å². The van der Waals surface area contributed by atoms with Gasteiger partial charge >= 0.3 is 0 Å². The average Bonchev–Trinajstić information content (AvgIpc) is 3.80. The smallest absolute Gasteiger partial charge is 0.261 e. The highest BCUT2D eigenvalue weighted by atomic mass is 19.3. The van der Waals surface area contributed by atoms with Crippen molar-refractivity contribution in [2.75, 3.05) is 51.4 Å². The molecule has 0 bridgehead atoms. The molecule has 2 aliphatic rings. The van der Waals surface area contributed by atoms with Gasteiger partial charge in [-0.05, 0) is 60.7 Å². The second-order valence-corrected chi connectivity index (χ2v) is 12.3. The van der Waals surface area contributed by atoms with E-state index in [4.69, 9.17) is 24.0 Å². The lowest BCUT2D eigenvalue weighted by Gasteiger charge is -2.38. The van der Waals surface area contributed by atoms with Gasteiger partial charge in [0, 0.05) is 43.5 Å². The van der Waals surface area contributed by atoms with E-state index in [1.54, 1.807) is 29.2 Å². The van der Waals surface area contributed by atoms with Crippen molar-refractivity contribution in [2.24, 2.45) is 0 Å². The normalized spacial score (nSPS) is 18.9. The lowest BCUT2D eigenvalue weighted by molar-refractivity contribution is 0.00501. The number of nitrogens with one attached hydrogen (secondary N) is 1. The molecule has 17 heteroatoms. The van der Waals surface area contributed by atoms with Crippen molar-refractivity contribution in [1.82, 2.24) is 44.9 Å². The van der Waals surface area contributed by atoms with E-state index in [-0.39, 0.29) is 25.4 Å². The van der Waals surface area contributed by atoms with E-state index in [2.05, 4.69) is 41.8 Å². The van der Waals surface area contributed by atoms with Gasteiger partial charge in [0.25, 0.3) is 12.3 Å². The number of morpholine rings is 1. The van der Waals surface area contributed by atoms with Crippen LogP contribution in [0.5, 0.6) is 11.6 Å². The highest BCUT2D eigenvalue weighted by Crippen LogP contribution is 2.35. The lowest BCUT2D eigenvalue weighted by atomic mass is 9.90. The molecule has 0 amide bonds. The Balaban J connectivity index is 1.12. The monoisotopic (exact) mass is 693 g/mol. The first kappa shape index (κ1) is 35.1. The molecular formula is C33H41F2N11O4. The van der Waals surface area contributed by atoms with Crippen LogP contribution >= 0.6 is 0 Å². The SMILES string of the molecule is C[C@@H](Cn1cnnn1)Oc1cc(-c2cnc(Nc3cn(C4CCC(N5CCOCC5)CC4)nc3OCCCOCC(F)F)nc2)ccc1C#N. The quantitative estimate of drug-likeness (QED) is 0.166. The molecule has 6 rings (SSSR count). The number of hydrogen-bond acceptors (Lipinski definition) is 13. The van der Waals surface area contributed by atoms with Crippen LogP contribution < -0.4 is 14.8 Å². The maximum Gasteiger partial charge on any atom is 0.261 e. The Bertz CT molecular complexity index is 1670. The summed E-state index contributed by atoms with van der Waals surface area (Å²) >= 11 is 0. The zero-order chi connectivity index (χ0) is 34.7. The van der Waals surface area contributed by atoms with Crippen LogP contribution in [-0.2, 0) is 16.0 Å². The summed E-state index contributed by atoms with van der Waals surface area (Å²) in [6.45, 7) is 5.62. The van der Waals surface area contributed by atoms with Gasteiger partial charge in [0.2, 0.25) is 5.95 Å². The molecule has 0 spiro atoms. The number of alkyl halides is 2.